The number of ether oxygens (including phenoxy) is 1. The van der Waals surface area contributed by atoms with E-state index in [1.165, 1.54) is 6.42 Å². The molecule has 1 unspecified atom stereocenters. The number of amidine groups is 1. The van der Waals surface area contributed by atoms with Crippen LogP contribution in [-0.2, 0) is 4.74 Å². The lowest BCUT2D eigenvalue weighted by atomic mass is 10.0. The van der Waals surface area contributed by atoms with Crippen molar-refractivity contribution < 1.29 is 9.94 Å². The molecule has 0 amide bonds. The lowest BCUT2D eigenvalue weighted by Gasteiger charge is -2.29. The molecule has 1 aromatic rings. The number of pyridine rings is 1. The van der Waals surface area contributed by atoms with Crippen molar-refractivity contribution in [2.45, 2.75) is 12.8 Å². The van der Waals surface area contributed by atoms with Gasteiger partial charge < -0.3 is 20.6 Å². The Morgan fingerprint density at radius 3 is 3.21 bits per heavy atom. The first-order valence-corrected chi connectivity index (χ1v) is 6.44. The number of oxime groups is 1. The third-order valence-corrected chi connectivity index (χ3v) is 3.33. The van der Waals surface area contributed by atoms with E-state index in [0.717, 1.165) is 31.9 Å². The van der Waals surface area contributed by atoms with E-state index in [4.69, 9.17) is 15.7 Å². The third kappa shape index (κ3) is 3.35. The number of aromatic nitrogens is 1. The fourth-order valence-corrected chi connectivity index (χ4v) is 2.39. The van der Waals surface area contributed by atoms with Crippen molar-refractivity contribution in [1.82, 2.24) is 4.98 Å². The van der Waals surface area contributed by atoms with Gasteiger partial charge in [0.25, 0.3) is 0 Å². The molecular formula is C13H20N4O2. The highest BCUT2D eigenvalue weighted by atomic mass is 16.5. The van der Waals surface area contributed by atoms with Crippen LogP contribution < -0.4 is 10.6 Å². The Bertz CT molecular complexity index is 444. The molecule has 0 aromatic carbocycles. The summed E-state index contributed by atoms with van der Waals surface area (Å²) in [5, 5.41) is 11.8. The molecule has 0 aliphatic carbocycles. The molecule has 1 aliphatic heterocycles. The first-order chi connectivity index (χ1) is 9.22. The van der Waals surface area contributed by atoms with Crippen molar-refractivity contribution in [2.24, 2.45) is 16.8 Å². The predicted molar refractivity (Wildman–Crippen MR) is 73.6 cm³/mol. The minimum absolute atomic E-state index is 0.0299. The smallest absolute Gasteiger partial charge is 0.190 e. The second-order valence-electron chi connectivity index (χ2n) is 4.82. The van der Waals surface area contributed by atoms with Gasteiger partial charge in [-0.25, -0.2) is 0 Å². The fraction of sp³-hybridized carbons (Fsp3) is 0.538. The first kappa shape index (κ1) is 13.6. The fourth-order valence-electron chi connectivity index (χ4n) is 2.39. The third-order valence-electron chi connectivity index (χ3n) is 3.33. The van der Waals surface area contributed by atoms with Crippen LogP contribution in [0.4, 0.5) is 5.69 Å². The van der Waals surface area contributed by atoms with Crippen LogP contribution in [0.3, 0.4) is 0 Å². The van der Waals surface area contributed by atoms with E-state index in [9.17, 15) is 0 Å². The van der Waals surface area contributed by atoms with Crippen LogP contribution in [0.5, 0.6) is 0 Å². The van der Waals surface area contributed by atoms with Crippen LogP contribution in [0.15, 0.2) is 23.5 Å². The quantitative estimate of drug-likeness (QED) is 0.367. The number of nitrogens with zero attached hydrogens (tertiary/aromatic N) is 3. The van der Waals surface area contributed by atoms with Crippen LogP contribution in [0, 0.1) is 5.92 Å². The number of nitrogens with two attached hydrogens (primary N) is 1. The highest BCUT2D eigenvalue weighted by molar-refractivity contribution is 6.00. The van der Waals surface area contributed by atoms with Gasteiger partial charge in [-0.15, -0.1) is 0 Å². The average molecular weight is 264 g/mol. The van der Waals surface area contributed by atoms with Gasteiger partial charge in [-0.05, 0) is 30.9 Å². The SMILES string of the molecule is CN(CC1CCCOC1)c1cccnc1/C(N)=N/O. The predicted octanol–water partition coefficient (Wildman–Crippen LogP) is 1.04. The Morgan fingerprint density at radius 1 is 1.68 bits per heavy atom. The Labute approximate surface area is 112 Å². The van der Waals surface area contributed by atoms with Crippen molar-refractivity contribution in [3.05, 3.63) is 24.0 Å². The van der Waals surface area contributed by atoms with Gasteiger partial charge in [-0.2, -0.15) is 0 Å². The molecule has 1 aliphatic rings. The maximum Gasteiger partial charge on any atom is 0.190 e. The van der Waals surface area contributed by atoms with Crippen molar-refractivity contribution in [1.29, 1.82) is 0 Å². The normalized spacial score (nSPS) is 20.3. The summed E-state index contributed by atoms with van der Waals surface area (Å²) in [5.41, 5.74) is 7.02. The van der Waals surface area contributed by atoms with Crippen LogP contribution in [0.1, 0.15) is 18.5 Å². The molecule has 2 rings (SSSR count). The number of rotatable bonds is 4. The lowest BCUT2D eigenvalue weighted by Crippen LogP contribution is -2.32. The Hall–Kier alpha value is -1.82. The molecule has 1 aromatic heterocycles. The van der Waals surface area contributed by atoms with E-state index in [1.807, 2.05) is 19.2 Å². The van der Waals surface area contributed by atoms with Crippen LogP contribution in [0.2, 0.25) is 0 Å². The van der Waals surface area contributed by atoms with Gasteiger partial charge in [-0.1, -0.05) is 5.16 Å². The van der Waals surface area contributed by atoms with Gasteiger partial charge in [0.05, 0.1) is 12.3 Å². The summed E-state index contributed by atoms with van der Waals surface area (Å²) in [6, 6.07) is 3.77. The van der Waals surface area contributed by atoms with Crippen molar-refractivity contribution >= 4 is 11.5 Å². The molecular weight excluding hydrogens is 244 g/mol. The summed E-state index contributed by atoms with van der Waals surface area (Å²) < 4.78 is 5.49. The molecule has 0 radical (unpaired) electrons. The van der Waals surface area contributed by atoms with Gasteiger partial charge in [0, 0.05) is 26.4 Å². The number of anilines is 1. The lowest BCUT2D eigenvalue weighted by molar-refractivity contribution is 0.0576. The molecule has 0 saturated carbocycles. The topological polar surface area (TPSA) is 84.0 Å². The van der Waals surface area contributed by atoms with Crippen LogP contribution in [0.25, 0.3) is 0 Å². The van der Waals surface area contributed by atoms with Crippen LogP contribution in [-0.4, -0.2) is 42.8 Å². The molecule has 1 saturated heterocycles. The summed E-state index contributed by atoms with van der Waals surface area (Å²) in [5.74, 6) is 0.543. The minimum atomic E-state index is 0.0299. The van der Waals surface area contributed by atoms with E-state index in [2.05, 4.69) is 15.0 Å². The van der Waals surface area contributed by atoms with Gasteiger partial charge in [-0.3, -0.25) is 4.98 Å². The van der Waals surface area contributed by atoms with E-state index < -0.39 is 0 Å². The molecule has 19 heavy (non-hydrogen) atoms. The molecule has 1 atom stereocenters. The summed E-state index contributed by atoms with van der Waals surface area (Å²) in [6.45, 7) is 2.53. The maximum atomic E-state index is 8.80. The second kappa shape index (κ2) is 6.38. The summed E-state index contributed by atoms with van der Waals surface area (Å²) in [7, 11) is 1.99. The zero-order chi connectivity index (χ0) is 13.7. The molecule has 1 fully saturated rings. The van der Waals surface area contributed by atoms with Crippen molar-refractivity contribution in [3.63, 3.8) is 0 Å². The standard InChI is InChI=1S/C13H20N4O2/c1-17(8-10-4-3-7-19-9-10)11-5-2-6-15-12(11)13(14)16-18/h2,5-6,10,18H,3-4,7-9H2,1H3,(H2,14,16). The molecule has 2 heterocycles. The average Bonchev–Trinajstić information content (AvgIpc) is 2.47. The van der Waals surface area contributed by atoms with Crippen molar-refractivity contribution in [2.75, 3.05) is 31.7 Å². The maximum absolute atomic E-state index is 8.80. The minimum Gasteiger partial charge on any atom is -0.409 e. The van der Waals surface area contributed by atoms with E-state index in [0.29, 0.717) is 11.6 Å². The highest BCUT2D eigenvalue weighted by Gasteiger charge is 2.18. The number of hydrogen-bond donors (Lipinski definition) is 2. The molecule has 0 spiro atoms. The van der Waals surface area contributed by atoms with E-state index in [-0.39, 0.29) is 5.84 Å². The van der Waals surface area contributed by atoms with Gasteiger partial charge in [0.2, 0.25) is 0 Å². The van der Waals surface area contributed by atoms with Crippen LogP contribution >= 0.6 is 0 Å². The number of hydrogen-bond acceptors (Lipinski definition) is 5. The summed E-state index contributed by atoms with van der Waals surface area (Å²) in [6.07, 6.45) is 3.91. The Morgan fingerprint density at radius 2 is 2.53 bits per heavy atom. The summed E-state index contributed by atoms with van der Waals surface area (Å²) in [4.78, 5) is 6.26. The molecule has 6 nitrogen and oxygen atoms in total. The van der Waals surface area contributed by atoms with Crippen molar-refractivity contribution in [3.8, 4) is 0 Å². The summed E-state index contributed by atoms with van der Waals surface area (Å²) >= 11 is 0. The zero-order valence-electron chi connectivity index (χ0n) is 11.1. The van der Waals surface area contributed by atoms with Gasteiger partial charge in [0.15, 0.2) is 5.84 Å². The highest BCUT2D eigenvalue weighted by Crippen LogP contribution is 2.21. The monoisotopic (exact) mass is 264 g/mol. The Balaban J connectivity index is 2.11. The largest absolute Gasteiger partial charge is 0.409 e. The van der Waals surface area contributed by atoms with Gasteiger partial charge >= 0.3 is 0 Å². The van der Waals surface area contributed by atoms with E-state index >= 15 is 0 Å². The molecule has 6 heteroatoms. The Kier molecular flexibility index (Phi) is 4.57. The molecule has 104 valence electrons. The first-order valence-electron chi connectivity index (χ1n) is 6.44. The molecule has 0 bridgehead atoms. The van der Waals surface area contributed by atoms with E-state index in [1.54, 1.807) is 6.20 Å². The second-order valence-corrected chi connectivity index (χ2v) is 4.82. The molecule has 3 N–H and O–H groups in total. The zero-order valence-corrected chi connectivity index (χ0v) is 11.1. The van der Waals surface area contributed by atoms with Gasteiger partial charge in [0.1, 0.15) is 5.69 Å².